The summed E-state index contributed by atoms with van der Waals surface area (Å²) in [5.74, 6) is 0. The van der Waals surface area contributed by atoms with Gasteiger partial charge in [-0.25, -0.2) is 4.98 Å². The van der Waals surface area contributed by atoms with Crippen molar-refractivity contribution in [1.29, 1.82) is 0 Å². The van der Waals surface area contributed by atoms with Crippen LogP contribution in [0, 0.1) is 13.8 Å². The molecule has 0 bridgehead atoms. The van der Waals surface area contributed by atoms with Gasteiger partial charge in [0.1, 0.15) is 0 Å². The van der Waals surface area contributed by atoms with E-state index >= 15 is 0 Å². The van der Waals surface area contributed by atoms with Gasteiger partial charge >= 0.3 is 0 Å². The topological polar surface area (TPSA) is 35.8 Å². The van der Waals surface area contributed by atoms with Crippen molar-refractivity contribution in [3.63, 3.8) is 0 Å². The summed E-state index contributed by atoms with van der Waals surface area (Å²) < 4.78 is 2.24. The van der Waals surface area contributed by atoms with Crippen LogP contribution in [0.1, 0.15) is 16.3 Å². The molecule has 1 fully saturated rings. The molecule has 1 unspecified atom stereocenters. The van der Waals surface area contributed by atoms with Gasteiger partial charge in [0, 0.05) is 49.8 Å². The Morgan fingerprint density at radius 2 is 2.14 bits per heavy atom. The highest BCUT2D eigenvalue weighted by atomic mass is 32.1. The lowest BCUT2D eigenvalue weighted by molar-refractivity contribution is 0.113. The Kier molecular flexibility index (Phi) is 4.31. The number of thiazole rings is 1. The second-order valence-electron chi connectivity index (χ2n) is 6.17. The molecule has 0 radical (unpaired) electrons. The maximum absolute atomic E-state index is 4.65. The molecular formula is C15H25N5S. The van der Waals surface area contributed by atoms with E-state index in [1.54, 1.807) is 11.3 Å². The number of imidazole rings is 1. The van der Waals surface area contributed by atoms with Crippen molar-refractivity contribution in [3.8, 4) is 0 Å². The number of nitrogens with zero attached hydrogens (tertiary/aromatic N) is 4. The average Bonchev–Trinajstić information content (AvgIpc) is 2.90. The Morgan fingerprint density at radius 1 is 1.33 bits per heavy atom. The fourth-order valence-electron chi connectivity index (χ4n) is 3.00. The van der Waals surface area contributed by atoms with Crippen molar-refractivity contribution >= 4 is 16.3 Å². The second-order valence-corrected chi connectivity index (χ2v) is 7.38. The zero-order chi connectivity index (χ0) is 15.0. The summed E-state index contributed by atoms with van der Waals surface area (Å²) in [5, 5.41) is 3.63. The van der Waals surface area contributed by atoms with Crippen LogP contribution in [0.4, 0.5) is 0 Å². The number of likely N-dealkylation sites (N-methyl/N-ethyl adjacent to an activating group) is 2. The van der Waals surface area contributed by atoms with Crippen molar-refractivity contribution in [2.45, 2.75) is 26.4 Å². The van der Waals surface area contributed by atoms with Crippen LogP contribution in [0.2, 0.25) is 0 Å². The number of aryl methyl sites for hydroxylation is 2. The van der Waals surface area contributed by atoms with Crippen LogP contribution in [0.5, 0.6) is 0 Å². The first-order chi connectivity index (χ1) is 10.0. The minimum Gasteiger partial charge on any atom is -0.310 e. The molecule has 2 aromatic heterocycles. The van der Waals surface area contributed by atoms with E-state index in [-0.39, 0.29) is 0 Å². The monoisotopic (exact) mass is 307 g/mol. The Hall–Kier alpha value is -0.950. The highest BCUT2D eigenvalue weighted by molar-refractivity contribution is 7.17. The molecule has 1 aliphatic rings. The van der Waals surface area contributed by atoms with Crippen molar-refractivity contribution in [1.82, 2.24) is 24.5 Å². The molecule has 21 heavy (non-hydrogen) atoms. The normalized spacial score (nSPS) is 21.4. The Balaban J connectivity index is 1.62. The maximum Gasteiger partial charge on any atom is 0.194 e. The van der Waals surface area contributed by atoms with Gasteiger partial charge < -0.3 is 10.2 Å². The van der Waals surface area contributed by atoms with E-state index in [4.69, 9.17) is 0 Å². The van der Waals surface area contributed by atoms with Gasteiger partial charge in [-0.3, -0.25) is 9.30 Å². The largest absolute Gasteiger partial charge is 0.310 e. The number of rotatable bonds is 4. The van der Waals surface area contributed by atoms with Crippen molar-refractivity contribution in [3.05, 3.63) is 22.5 Å². The molecule has 0 aliphatic carbocycles. The van der Waals surface area contributed by atoms with Crippen LogP contribution >= 0.6 is 11.3 Å². The minimum atomic E-state index is 0.594. The summed E-state index contributed by atoms with van der Waals surface area (Å²) in [6.07, 6.45) is 2.19. The number of aromatic nitrogens is 2. The highest BCUT2D eigenvalue weighted by Crippen LogP contribution is 2.20. The van der Waals surface area contributed by atoms with Gasteiger partial charge in [-0.1, -0.05) is 0 Å². The predicted molar refractivity (Wildman–Crippen MR) is 88.2 cm³/mol. The summed E-state index contributed by atoms with van der Waals surface area (Å²) in [6, 6.07) is 0.594. The van der Waals surface area contributed by atoms with Gasteiger partial charge in [-0.15, -0.1) is 11.3 Å². The van der Waals surface area contributed by atoms with E-state index in [9.17, 15) is 0 Å². The quantitative estimate of drug-likeness (QED) is 0.925. The molecule has 116 valence electrons. The van der Waals surface area contributed by atoms with Crippen molar-refractivity contribution in [2.24, 2.45) is 0 Å². The van der Waals surface area contributed by atoms with Crippen molar-refractivity contribution in [2.75, 3.05) is 40.3 Å². The number of nitrogens with one attached hydrogen (secondary N) is 1. The van der Waals surface area contributed by atoms with E-state index in [0.29, 0.717) is 6.04 Å². The summed E-state index contributed by atoms with van der Waals surface area (Å²) in [7, 11) is 4.43. The Morgan fingerprint density at radius 3 is 2.95 bits per heavy atom. The van der Waals surface area contributed by atoms with Gasteiger partial charge in [0.05, 0.1) is 11.4 Å². The maximum atomic E-state index is 4.65. The first kappa shape index (κ1) is 15.0. The third-order valence-corrected chi connectivity index (χ3v) is 5.29. The van der Waals surface area contributed by atoms with Gasteiger partial charge in [0.25, 0.3) is 0 Å². The third-order valence-electron chi connectivity index (χ3n) is 4.39. The molecule has 6 heteroatoms. The number of piperazine rings is 1. The first-order valence-electron chi connectivity index (χ1n) is 7.58. The van der Waals surface area contributed by atoms with Crippen LogP contribution in [0.15, 0.2) is 6.20 Å². The smallest absolute Gasteiger partial charge is 0.194 e. The SMILES string of the molecule is Cc1cn2c(CNCC3CN(C)CCN3C)c(C)nc2s1. The van der Waals surface area contributed by atoms with Crippen LogP contribution in [-0.4, -0.2) is 65.5 Å². The van der Waals surface area contributed by atoms with E-state index in [1.165, 1.54) is 17.1 Å². The predicted octanol–water partition coefficient (Wildman–Crippen LogP) is 1.35. The molecule has 5 nitrogen and oxygen atoms in total. The zero-order valence-electron chi connectivity index (χ0n) is 13.4. The van der Waals surface area contributed by atoms with Crippen LogP contribution in [0.25, 0.3) is 4.96 Å². The summed E-state index contributed by atoms with van der Waals surface area (Å²) in [6.45, 7) is 9.62. The first-order valence-corrected chi connectivity index (χ1v) is 8.39. The molecular weight excluding hydrogens is 282 g/mol. The van der Waals surface area contributed by atoms with E-state index in [0.717, 1.165) is 36.8 Å². The molecule has 3 heterocycles. The molecule has 1 saturated heterocycles. The van der Waals surface area contributed by atoms with Gasteiger partial charge in [0.2, 0.25) is 0 Å². The zero-order valence-corrected chi connectivity index (χ0v) is 14.2. The van der Waals surface area contributed by atoms with E-state index < -0.39 is 0 Å². The minimum absolute atomic E-state index is 0.594. The summed E-state index contributed by atoms with van der Waals surface area (Å²) >= 11 is 1.76. The molecule has 0 aromatic carbocycles. The van der Waals surface area contributed by atoms with Crippen LogP contribution < -0.4 is 5.32 Å². The fraction of sp³-hybridized carbons (Fsp3) is 0.667. The lowest BCUT2D eigenvalue weighted by Gasteiger charge is -2.37. The Bertz CT molecular complexity index is 617. The van der Waals surface area contributed by atoms with E-state index in [1.807, 2.05) is 0 Å². The lowest BCUT2D eigenvalue weighted by atomic mass is 10.2. The van der Waals surface area contributed by atoms with Crippen LogP contribution in [0.3, 0.4) is 0 Å². The number of hydrogen-bond donors (Lipinski definition) is 1. The molecule has 0 amide bonds. The molecule has 1 atom stereocenters. The summed E-state index contributed by atoms with van der Waals surface area (Å²) in [5.41, 5.74) is 2.43. The average molecular weight is 307 g/mol. The van der Waals surface area contributed by atoms with Crippen molar-refractivity contribution < 1.29 is 0 Å². The third kappa shape index (κ3) is 3.13. The molecule has 1 aliphatic heterocycles. The molecule has 0 saturated carbocycles. The van der Waals surface area contributed by atoms with Gasteiger partial charge in [-0.2, -0.15) is 0 Å². The van der Waals surface area contributed by atoms with Gasteiger partial charge in [-0.05, 0) is 27.9 Å². The summed E-state index contributed by atoms with van der Waals surface area (Å²) in [4.78, 5) is 11.9. The highest BCUT2D eigenvalue weighted by Gasteiger charge is 2.21. The lowest BCUT2D eigenvalue weighted by Crippen LogP contribution is -2.53. The Labute approximate surface area is 130 Å². The van der Waals surface area contributed by atoms with Gasteiger partial charge in [0.15, 0.2) is 4.96 Å². The van der Waals surface area contributed by atoms with Crippen LogP contribution in [-0.2, 0) is 6.54 Å². The second kappa shape index (κ2) is 6.04. The molecule has 1 N–H and O–H groups in total. The van der Waals surface area contributed by atoms with E-state index in [2.05, 4.69) is 58.6 Å². The fourth-order valence-corrected chi connectivity index (χ4v) is 3.89. The number of fused-ring (bicyclic) bond motifs is 1. The molecule has 3 rings (SSSR count). The molecule has 2 aromatic rings. The molecule has 0 spiro atoms. The standard InChI is InChI=1S/C15H25N5S/c1-11-9-20-14(12(2)17-15(20)21-11)8-16-7-13-10-18(3)5-6-19(13)4/h9,13,16H,5-8,10H2,1-4H3. The number of hydrogen-bond acceptors (Lipinski definition) is 5.